The second-order valence-corrected chi connectivity index (χ2v) is 5.59. The van der Waals surface area contributed by atoms with Gasteiger partial charge in [-0.15, -0.1) is 0 Å². The van der Waals surface area contributed by atoms with E-state index >= 15 is 0 Å². The molecule has 2 heteroatoms. The van der Waals surface area contributed by atoms with Crippen molar-refractivity contribution in [3.05, 3.63) is 71.3 Å². The molecule has 0 spiro atoms. The molecule has 1 atom stereocenters. The number of rotatable bonds is 1. The van der Waals surface area contributed by atoms with Gasteiger partial charge in [-0.2, -0.15) is 0 Å². The molecule has 0 aromatic heterocycles. The number of fused-ring (bicyclic) bond motifs is 2. The van der Waals surface area contributed by atoms with E-state index in [0.717, 1.165) is 26.1 Å². The molecule has 0 aliphatic carbocycles. The maximum Gasteiger partial charge on any atom is 0.100 e. The Morgan fingerprint density at radius 2 is 1.75 bits per heavy atom. The van der Waals surface area contributed by atoms with Gasteiger partial charge in [0.2, 0.25) is 0 Å². The fourth-order valence-electron chi connectivity index (χ4n) is 3.39. The summed E-state index contributed by atoms with van der Waals surface area (Å²) < 4.78 is 0. The van der Waals surface area contributed by atoms with Crippen molar-refractivity contribution in [1.29, 1.82) is 0 Å². The van der Waals surface area contributed by atoms with Gasteiger partial charge in [0, 0.05) is 25.4 Å². The van der Waals surface area contributed by atoms with Gasteiger partial charge in [0.25, 0.3) is 0 Å². The molecule has 20 heavy (non-hydrogen) atoms. The second kappa shape index (κ2) is 4.78. The molecule has 2 aromatic rings. The van der Waals surface area contributed by atoms with E-state index in [4.69, 9.17) is 4.99 Å². The van der Waals surface area contributed by atoms with Crippen LogP contribution >= 0.6 is 0 Å². The molecule has 0 saturated carbocycles. The molecular formula is C18H18N2. The third-order valence-corrected chi connectivity index (χ3v) is 4.41. The van der Waals surface area contributed by atoms with E-state index in [-0.39, 0.29) is 0 Å². The first-order valence-corrected chi connectivity index (χ1v) is 7.33. The Balaban J connectivity index is 1.84. The summed E-state index contributed by atoms with van der Waals surface area (Å²) in [5, 5.41) is 0. The molecule has 100 valence electrons. The van der Waals surface area contributed by atoms with Crippen LogP contribution in [-0.4, -0.2) is 23.8 Å². The van der Waals surface area contributed by atoms with Crippen LogP contribution in [0.1, 0.15) is 29.0 Å². The van der Waals surface area contributed by atoms with Crippen LogP contribution in [0.4, 0.5) is 0 Å². The van der Waals surface area contributed by atoms with E-state index in [0.29, 0.717) is 5.92 Å². The molecule has 2 aromatic carbocycles. The lowest BCUT2D eigenvalue weighted by Crippen LogP contribution is -2.26. The molecule has 0 bridgehead atoms. The van der Waals surface area contributed by atoms with Gasteiger partial charge in [0.15, 0.2) is 0 Å². The monoisotopic (exact) mass is 262 g/mol. The quantitative estimate of drug-likeness (QED) is 0.768. The molecule has 1 unspecified atom stereocenters. The van der Waals surface area contributed by atoms with Crippen molar-refractivity contribution in [2.24, 2.45) is 4.99 Å². The summed E-state index contributed by atoms with van der Waals surface area (Å²) in [6, 6.07) is 19.7. The standard InChI is InChI=1S/C18H18N2/c1-2-6-14(7-3-1)17-12-18-19-10-11-20(18)13-15-8-4-5-9-16(15)17/h1-9,17H,10-13H2. The zero-order chi connectivity index (χ0) is 13.4. The first-order chi connectivity index (χ1) is 9.92. The lowest BCUT2D eigenvalue weighted by molar-refractivity contribution is 0.449. The first-order valence-electron chi connectivity index (χ1n) is 7.33. The fourth-order valence-corrected chi connectivity index (χ4v) is 3.39. The maximum absolute atomic E-state index is 4.72. The summed E-state index contributed by atoms with van der Waals surface area (Å²) in [5.41, 5.74) is 4.32. The Morgan fingerprint density at radius 3 is 2.65 bits per heavy atom. The molecule has 0 saturated heterocycles. The van der Waals surface area contributed by atoms with Crippen molar-refractivity contribution in [3.63, 3.8) is 0 Å². The van der Waals surface area contributed by atoms with Crippen LogP contribution in [0.3, 0.4) is 0 Å². The highest BCUT2D eigenvalue weighted by Crippen LogP contribution is 2.35. The summed E-state index contributed by atoms with van der Waals surface area (Å²) in [7, 11) is 0. The fraction of sp³-hybridized carbons (Fsp3) is 0.278. The Morgan fingerprint density at radius 1 is 0.950 bits per heavy atom. The van der Waals surface area contributed by atoms with Gasteiger partial charge in [-0.25, -0.2) is 0 Å². The number of benzene rings is 2. The van der Waals surface area contributed by atoms with Gasteiger partial charge in [-0.1, -0.05) is 54.6 Å². The molecule has 0 N–H and O–H groups in total. The largest absolute Gasteiger partial charge is 0.354 e. The molecule has 0 radical (unpaired) electrons. The first kappa shape index (κ1) is 11.7. The molecule has 2 aliphatic rings. The minimum Gasteiger partial charge on any atom is -0.354 e. The van der Waals surface area contributed by atoms with Crippen LogP contribution in [0.5, 0.6) is 0 Å². The molecule has 2 nitrogen and oxygen atoms in total. The van der Waals surface area contributed by atoms with E-state index in [1.165, 1.54) is 22.5 Å². The number of aliphatic imine (C=N–C) groups is 1. The molecule has 0 fully saturated rings. The number of nitrogens with zero attached hydrogens (tertiary/aromatic N) is 2. The maximum atomic E-state index is 4.72. The predicted molar refractivity (Wildman–Crippen MR) is 82.1 cm³/mol. The Labute approximate surface area is 119 Å². The summed E-state index contributed by atoms with van der Waals surface area (Å²) in [6.07, 6.45) is 1.03. The summed E-state index contributed by atoms with van der Waals surface area (Å²) in [4.78, 5) is 7.17. The lowest BCUT2D eigenvalue weighted by Gasteiger charge is -2.18. The van der Waals surface area contributed by atoms with E-state index in [1.807, 2.05) is 0 Å². The van der Waals surface area contributed by atoms with E-state index in [2.05, 4.69) is 59.5 Å². The van der Waals surface area contributed by atoms with Gasteiger partial charge in [0.05, 0.1) is 6.54 Å². The lowest BCUT2D eigenvalue weighted by atomic mass is 9.86. The van der Waals surface area contributed by atoms with Gasteiger partial charge in [-0.3, -0.25) is 4.99 Å². The highest BCUT2D eigenvalue weighted by molar-refractivity contribution is 5.85. The molecular weight excluding hydrogens is 244 g/mol. The Kier molecular flexibility index (Phi) is 2.80. The van der Waals surface area contributed by atoms with Crippen LogP contribution in [0.2, 0.25) is 0 Å². The Bertz CT molecular complexity index is 645. The minimum absolute atomic E-state index is 0.439. The Hall–Kier alpha value is -2.09. The average Bonchev–Trinajstić information content (AvgIpc) is 2.87. The smallest absolute Gasteiger partial charge is 0.100 e. The number of hydrogen-bond acceptors (Lipinski definition) is 2. The third kappa shape index (κ3) is 1.92. The zero-order valence-corrected chi connectivity index (χ0v) is 11.5. The minimum atomic E-state index is 0.439. The van der Waals surface area contributed by atoms with E-state index < -0.39 is 0 Å². The van der Waals surface area contributed by atoms with Crippen molar-refractivity contribution in [3.8, 4) is 0 Å². The summed E-state index contributed by atoms with van der Waals surface area (Å²) >= 11 is 0. The van der Waals surface area contributed by atoms with Crippen LogP contribution in [-0.2, 0) is 6.54 Å². The molecule has 2 aliphatic heterocycles. The summed E-state index contributed by atoms with van der Waals surface area (Å²) in [5.74, 6) is 1.73. The van der Waals surface area contributed by atoms with Crippen LogP contribution in [0.15, 0.2) is 59.6 Å². The normalized spacial score (nSPS) is 20.9. The van der Waals surface area contributed by atoms with Gasteiger partial charge >= 0.3 is 0 Å². The highest BCUT2D eigenvalue weighted by atomic mass is 15.2. The van der Waals surface area contributed by atoms with Gasteiger partial charge in [0.1, 0.15) is 5.84 Å². The van der Waals surface area contributed by atoms with Crippen molar-refractivity contribution in [1.82, 2.24) is 4.90 Å². The van der Waals surface area contributed by atoms with Crippen molar-refractivity contribution in [2.75, 3.05) is 13.1 Å². The van der Waals surface area contributed by atoms with Crippen LogP contribution in [0.25, 0.3) is 0 Å². The van der Waals surface area contributed by atoms with E-state index in [9.17, 15) is 0 Å². The van der Waals surface area contributed by atoms with Gasteiger partial charge < -0.3 is 4.90 Å². The molecule has 2 heterocycles. The van der Waals surface area contributed by atoms with E-state index in [1.54, 1.807) is 0 Å². The van der Waals surface area contributed by atoms with Crippen molar-refractivity contribution >= 4 is 5.84 Å². The average molecular weight is 262 g/mol. The van der Waals surface area contributed by atoms with Crippen molar-refractivity contribution in [2.45, 2.75) is 18.9 Å². The van der Waals surface area contributed by atoms with Crippen LogP contribution < -0.4 is 0 Å². The topological polar surface area (TPSA) is 15.6 Å². The molecule has 4 rings (SSSR count). The molecule has 0 amide bonds. The van der Waals surface area contributed by atoms with Gasteiger partial charge in [-0.05, 0) is 16.7 Å². The highest BCUT2D eigenvalue weighted by Gasteiger charge is 2.28. The third-order valence-electron chi connectivity index (χ3n) is 4.41. The zero-order valence-electron chi connectivity index (χ0n) is 11.5. The predicted octanol–water partition coefficient (Wildman–Crippen LogP) is 3.44. The van der Waals surface area contributed by atoms with Crippen LogP contribution in [0, 0.1) is 0 Å². The number of hydrogen-bond donors (Lipinski definition) is 0. The van der Waals surface area contributed by atoms with Crippen molar-refractivity contribution < 1.29 is 0 Å². The second-order valence-electron chi connectivity index (χ2n) is 5.59. The number of amidine groups is 1. The summed E-state index contributed by atoms with van der Waals surface area (Å²) in [6.45, 7) is 3.04. The SMILES string of the molecule is c1ccc(C2CC3=NCCN3Cc3ccccc32)cc1.